The molecule has 0 saturated carbocycles. The molecule has 1 rings (SSSR count). The van der Waals surface area contributed by atoms with Crippen LogP contribution in [-0.2, 0) is 17.3 Å². The van der Waals surface area contributed by atoms with Gasteiger partial charge in [0.25, 0.3) is 0 Å². The van der Waals surface area contributed by atoms with Crippen molar-refractivity contribution >= 4 is 0 Å². The first kappa shape index (κ1) is 12.9. The molecule has 16 heavy (non-hydrogen) atoms. The van der Waals surface area contributed by atoms with Gasteiger partial charge in [0, 0.05) is 25.8 Å². The smallest absolute Gasteiger partial charge is 0.383 e. The van der Waals surface area contributed by atoms with Crippen LogP contribution in [0, 0.1) is 0 Å². The number of nitrogens with zero attached hydrogens (tertiary/aromatic N) is 1. The van der Waals surface area contributed by atoms with Gasteiger partial charge in [-0.15, -0.1) is 0 Å². The van der Waals surface area contributed by atoms with Crippen molar-refractivity contribution in [3.63, 3.8) is 0 Å². The van der Waals surface area contributed by atoms with Crippen LogP contribution < -0.4 is 5.73 Å². The van der Waals surface area contributed by atoms with Crippen LogP contribution in [0.15, 0.2) is 18.3 Å². The van der Waals surface area contributed by atoms with E-state index in [4.69, 9.17) is 10.5 Å². The van der Waals surface area contributed by atoms with Crippen molar-refractivity contribution in [1.82, 2.24) is 4.98 Å². The maximum Gasteiger partial charge on any atom is 0.418 e. The third-order valence-corrected chi connectivity index (χ3v) is 2.03. The number of methoxy groups -OCH3 is 1. The summed E-state index contributed by atoms with van der Waals surface area (Å²) >= 11 is 0. The van der Waals surface area contributed by atoms with Crippen LogP contribution in [-0.4, -0.2) is 24.7 Å². The molecule has 1 heterocycles. The largest absolute Gasteiger partial charge is 0.418 e. The van der Waals surface area contributed by atoms with Gasteiger partial charge >= 0.3 is 6.18 Å². The summed E-state index contributed by atoms with van der Waals surface area (Å²) < 4.78 is 42.5. The van der Waals surface area contributed by atoms with Crippen LogP contribution in [0.1, 0.15) is 11.3 Å². The fourth-order valence-electron chi connectivity index (χ4n) is 1.38. The number of ether oxygens (including phenoxy) is 1. The minimum absolute atomic E-state index is 0.0421. The maximum atomic E-state index is 12.6. The number of aromatic nitrogens is 1. The number of nitrogens with two attached hydrogens (primary N) is 1. The molecule has 0 aliphatic rings. The van der Waals surface area contributed by atoms with Crippen molar-refractivity contribution in [2.24, 2.45) is 5.73 Å². The van der Waals surface area contributed by atoms with E-state index >= 15 is 0 Å². The maximum absolute atomic E-state index is 12.6. The Morgan fingerprint density at radius 3 is 2.75 bits per heavy atom. The molecular weight excluding hydrogens is 221 g/mol. The van der Waals surface area contributed by atoms with Gasteiger partial charge in [0.1, 0.15) is 0 Å². The molecule has 0 aliphatic carbocycles. The molecule has 0 radical (unpaired) electrons. The van der Waals surface area contributed by atoms with E-state index in [0.29, 0.717) is 0 Å². The van der Waals surface area contributed by atoms with E-state index in [0.717, 1.165) is 6.07 Å². The van der Waals surface area contributed by atoms with E-state index < -0.39 is 17.8 Å². The molecule has 1 aromatic heterocycles. The molecule has 0 aromatic carbocycles. The van der Waals surface area contributed by atoms with Crippen molar-refractivity contribution in [3.8, 4) is 0 Å². The van der Waals surface area contributed by atoms with Crippen LogP contribution in [0.5, 0.6) is 0 Å². The molecule has 1 aromatic rings. The minimum atomic E-state index is -4.39. The van der Waals surface area contributed by atoms with Gasteiger partial charge in [-0.2, -0.15) is 13.2 Å². The molecule has 2 N–H and O–H groups in total. The van der Waals surface area contributed by atoms with Gasteiger partial charge in [-0.1, -0.05) is 0 Å². The SMILES string of the molecule is COCC(N)Cc1ncccc1C(F)(F)F. The number of hydrogen-bond donors (Lipinski definition) is 1. The second-order valence-electron chi connectivity index (χ2n) is 3.41. The Morgan fingerprint density at radius 1 is 1.50 bits per heavy atom. The lowest BCUT2D eigenvalue weighted by molar-refractivity contribution is -0.138. The molecule has 6 heteroatoms. The molecule has 90 valence electrons. The van der Waals surface area contributed by atoms with Gasteiger partial charge in [0.2, 0.25) is 0 Å². The Kier molecular flexibility index (Phi) is 4.26. The molecule has 0 aliphatic heterocycles. The summed E-state index contributed by atoms with van der Waals surface area (Å²) in [7, 11) is 1.45. The van der Waals surface area contributed by atoms with Crippen LogP contribution in [0.4, 0.5) is 13.2 Å². The highest BCUT2D eigenvalue weighted by Crippen LogP contribution is 2.31. The molecular formula is C10H13F3N2O. The summed E-state index contributed by atoms with van der Waals surface area (Å²) in [6, 6.07) is 1.77. The van der Waals surface area contributed by atoms with Gasteiger partial charge in [0.15, 0.2) is 0 Å². The summed E-state index contributed by atoms with van der Waals surface area (Å²) in [5.74, 6) is 0. The van der Waals surface area contributed by atoms with Gasteiger partial charge in [-0.05, 0) is 12.1 Å². The normalized spacial score (nSPS) is 13.8. The van der Waals surface area contributed by atoms with Crippen LogP contribution in [0.25, 0.3) is 0 Å². The van der Waals surface area contributed by atoms with Crippen molar-refractivity contribution in [2.75, 3.05) is 13.7 Å². The van der Waals surface area contributed by atoms with E-state index in [2.05, 4.69) is 4.98 Å². The average molecular weight is 234 g/mol. The van der Waals surface area contributed by atoms with Crippen molar-refractivity contribution in [3.05, 3.63) is 29.6 Å². The molecule has 0 saturated heterocycles. The number of hydrogen-bond acceptors (Lipinski definition) is 3. The van der Waals surface area contributed by atoms with Crippen LogP contribution in [0.3, 0.4) is 0 Å². The third kappa shape index (κ3) is 3.46. The van der Waals surface area contributed by atoms with Gasteiger partial charge in [0.05, 0.1) is 17.9 Å². The van der Waals surface area contributed by atoms with Crippen LogP contribution in [0.2, 0.25) is 0 Å². The van der Waals surface area contributed by atoms with E-state index in [1.807, 2.05) is 0 Å². The molecule has 0 spiro atoms. The van der Waals surface area contributed by atoms with Crippen molar-refractivity contribution in [2.45, 2.75) is 18.6 Å². The van der Waals surface area contributed by atoms with E-state index in [-0.39, 0.29) is 18.7 Å². The first-order valence-electron chi connectivity index (χ1n) is 4.70. The summed E-state index contributed by atoms with van der Waals surface area (Å²) in [4.78, 5) is 3.71. The third-order valence-electron chi connectivity index (χ3n) is 2.03. The zero-order valence-corrected chi connectivity index (χ0v) is 8.79. The standard InChI is InChI=1S/C10H13F3N2O/c1-16-6-7(14)5-9-8(10(11,12)13)3-2-4-15-9/h2-4,7H,5-6,14H2,1H3. The van der Waals surface area contributed by atoms with Crippen molar-refractivity contribution < 1.29 is 17.9 Å². The first-order chi connectivity index (χ1) is 7.45. The zero-order valence-electron chi connectivity index (χ0n) is 8.79. The molecule has 0 bridgehead atoms. The van der Waals surface area contributed by atoms with Gasteiger partial charge < -0.3 is 10.5 Å². The molecule has 1 atom stereocenters. The van der Waals surface area contributed by atoms with Gasteiger partial charge in [-0.3, -0.25) is 4.98 Å². The summed E-state index contributed by atoms with van der Waals surface area (Å²) in [6.07, 6.45) is -3.02. The van der Waals surface area contributed by atoms with E-state index in [9.17, 15) is 13.2 Å². The van der Waals surface area contributed by atoms with E-state index in [1.54, 1.807) is 0 Å². The highest BCUT2D eigenvalue weighted by molar-refractivity contribution is 5.23. The lowest BCUT2D eigenvalue weighted by Gasteiger charge is -2.14. The topological polar surface area (TPSA) is 48.1 Å². The summed E-state index contributed by atoms with van der Waals surface area (Å²) in [6.45, 7) is 0.202. The predicted octanol–water partition coefficient (Wildman–Crippen LogP) is 1.62. The number of pyridine rings is 1. The number of rotatable bonds is 4. The lowest BCUT2D eigenvalue weighted by Crippen LogP contribution is -2.29. The minimum Gasteiger partial charge on any atom is -0.383 e. The molecule has 0 amide bonds. The number of alkyl halides is 3. The highest BCUT2D eigenvalue weighted by atomic mass is 19.4. The molecule has 1 unspecified atom stereocenters. The quantitative estimate of drug-likeness (QED) is 0.861. The Bertz CT molecular complexity index is 341. The zero-order chi connectivity index (χ0) is 12.2. The van der Waals surface area contributed by atoms with Crippen molar-refractivity contribution in [1.29, 1.82) is 0 Å². The summed E-state index contributed by atoms with van der Waals surface area (Å²) in [5, 5.41) is 0. The Hall–Kier alpha value is -1.14. The van der Waals surface area contributed by atoms with Gasteiger partial charge in [-0.25, -0.2) is 0 Å². The molecule has 0 fully saturated rings. The second-order valence-corrected chi connectivity index (χ2v) is 3.41. The first-order valence-corrected chi connectivity index (χ1v) is 4.70. The second kappa shape index (κ2) is 5.27. The number of halogens is 3. The van der Waals surface area contributed by atoms with E-state index in [1.165, 1.54) is 19.4 Å². The average Bonchev–Trinajstić information content (AvgIpc) is 2.17. The Labute approximate surface area is 91.4 Å². The van der Waals surface area contributed by atoms with Crippen LogP contribution >= 0.6 is 0 Å². The fraction of sp³-hybridized carbons (Fsp3) is 0.500. The summed E-state index contributed by atoms with van der Waals surface area (Å²) in [5.41, 5.74) is 4.82. The predicted molar refractivity (Wildman–Crippen MR) is 52.8 cm³/mol. The highest BCUT2D eigenvalue weighted by Gasteiger charge is 2.33. The molecule has 3 nitrogen and oxygen atoms in total. The lowest BCUT2D eigenvalue weighted by atomic mass is 10.1. The Balaban J connectivity index is 2.87. The Morgan fingerprint density at radius 2 is 2.19 bits per heavy atom. The monoisotopic (exact) mass is 234 g/mol. The fourth-order valence-corrected chi connectivity index (χ4v) is 1.38.